The summed E-state index contributed by atoms with van der Waals surface area (Å²) in [5.74, 6) is 0.390. The van der Waals surface area contributed by atoms with Crippen LogP contribution in [0.5, 0.6) is 11.5 Å². The average Bonchev–Trinajstić information content (AvgIpc) is 3.12. The summed E-state index contributed by atoms with van der Waals surface area (Å²) >= 11 is 12.4. The first-order valence-corrected chi connectivity index (χ1v) is 12.2. The maximum absolute atomic E-state index is 12.9. The summed E-state index contributed by atoms with van der Waals surface area (Å²) in [5, 5.41) is 1.77. The summed E-state index contributed by atoms with van der Waals surface area (Å²) in [5.41, 5.74) is 5.15. The summed E-state index contributed by atoms with van der Waals surface area (Å²) in [4.78, 5) is 25.7. The summed E-state index contributed by atoms with van der Waals surface area (Å²) in [6, 6.07) is 22.1. The van der Waals surface area contributed by atoms with Gasteiger partial charge < -0.3 is 9.47 Å². The number of rotatable bonds is 8. The second kappa shape index (κ2) is 11.4. The van der Waals surface area contributed by atoms with Crippen molar-refractivity contribution in [3.05, 3.63) is 99.4 Å². The third kappa shape index (κ3) is 6.42. The topological polar surface area (TPSA) is 67.9 Å². The normalized spacial score (nSPS) is 14.3. The number of hydrogen-bond donors (Lipinski definition) is 1. The Morgan fingerprint density at radius 3 is 2.51 bits per heavy atom. The van der Waals surface area contributed by atoms with Crippen molar-refractivity contribution < 1.29 is 19.1 Å². The van der Waals surface area contributed by atoms with E-state index < -0.39 is 0 Å². The van der Waals surface area contributed by atoms with E-state index in [9.17, 15) is 9.59 Å². The van der Waals surface area contributed by atoms with E-state index in [1.807, 2.05) is 48.5 Å². The van der Waals surface area contributed by atoms with Crippen molar-refractivity contribution in [1.82, 2.24) is 10.4 Å². The minimum atomic E-state index is -0.386. The molecule has 1 aliphatic rings. The minimum absolute atomic E-state index is 0.144. The van der Waals surface area contributed by atoms with Gasteiger partial charge in [0, 0.05) is 5.02 Å². The smallest absolute Gasteiger partial charge is 0.285 e. The molecule has 3 aromatic rings. The molecule has 4 rings (SSSR count). The van der Waals surface area contributed by atoms with Gasteiger partial charge >= 0.3 is 0 Å². The molecule has 9 heteroatoms. The molecule has 0 bridgehead atoms. The number of hydrogen-bond acceptors (Lipinski definition) is 6. The van der Waals surface area contributed by atoms with E-state index in [0.29, 0.717) is 28.0 Å². The van der Waals surface area contributed by atoms with Crippen LogP contribution in [0.2, 0.25) is 5.02 Å². The van der Waals surface area contributed by atoms with Gasteiger partial charge in [0.2, 0.25) is 5.91 Å². The monoisotopic (exact) mass is 524 g/mol. The van der Waals surface area contributed by atoms with Gasteiger partial charge in [0.1, 0.15) is 6.61 Å². The van der Waals surface area contributed by atoms with Crippen molar-refractivity contribution in [2.24, 2.45) is 0 Å². The van der Waals surface area contributed by atoms with E-state index in [1.165, 1.54) is 0 Å². The highest BCUT2D eigenvalue weighted by molar-refractivity contribution is 8.26. The van der Waals surface area contributed by atoms with Crippen molar-refractivity contribution >= 4 is 57.8 Å². The van der Waals surface area contributed by atoms with Crippen LogP contribution in [0.15, 0.2) is 77.7 Å². The molecule has 1 aliphatic heterocycles. The zero-order chi connectivity index (χ0) is 24.8. The van der Waals surface area contributed by atoms with Gasteiger partial charge in [-0.05, 0) is 59.2 Å². The van der Waals surface area contributed by atoms with Crippen LogP contribution >= 0.6 is 35.6 Å². The minimum Gasteiger partial charge on any atom is -0.493 e. The van der Waals surface area contributed by atoms with Crippen molar-refractivity contribution in [3.63, 3.8) is 0 Å². The molecule has 1 heterocycles. The standard InChI is InChI=1S/C26H21ClN2O4S2/c1-32-22-13-19(9-12-21(22)33-16-18-7-10-20(27)11-8-18)14-23-25(31)29(26(34)35-23)28-24(30)15-17-5-3-2-4-6-17/h2-14H,15-16H2,1H3,(H,28,30)/b23-14-. The molecule has 3 aromatic carbocycles. The maximum Gasteiger partial charge on any atom is 0.285 e. The molecular weight excluding hydrogens is 504 g/mol. The fraction of sp³-hybridized carbons (Fsp3) is 0.115. The van der Waals surface area contributed by atoms with E-state index in [1.54, 1.807) is 37.5 Å². The number of carbonyl (C=O) groups is 2. The number of thioether (sulfide) groups is 1. The Kier molecular flexibility index (Phi) is 8.07. The van der Waals surface area contributed by atoms with Gasteiger partial charge in [0.15, 0.2) is 15.8 Å². The molecule has 0 atom stereocenters. The van der Waals surface area contributed by atoms with Crippen molar-refractivity contribution in [1.29, 1.82) is 0 Å². The number of nitrogens with zero attached hydrogens (tertiary/aromatic N) is 1. The first-order valence-electron chi connectivity index (χ1n) is 10.6. The lowest BCUT2D eigenvalue weighted by molar-refractivity contribution is -0.132. The Hall–Kier alpha value is -3.33. The van der Waals surface area contributed by atoms with Crippen LogP contribution in [0.4, 0.5) is 0 Å². The zero-order valence-corrected chi connectivity index (χ0v) is 21.1. The van der Waals surface area contributed by atoms with Crippen LogP contribution in [-0.4, -0.2) is 28.3 Å². The lowest BCUT2D eigenvalue weighted by Crippen LogP contribution is -2.45. The first-order chi connectivity index (χ1) is 16.9. The predicted octanol–water partition coefficient (Wildman–Crippen LogP) is 5.40. The van der Waals surface area contributed by atoms with Gasteiger partial charge in [-0.2, -0.15) is 5.01 Å². The van der Waals surface area contributed by atoms with E-state index in [2.05, 4.69) is 5.43 Å². The third-order valence-corrected chi connectivity index (χ3v) is 6.58. The molecule has 178 valence electrons. The van der Waals surface area contributed by atoms with Crippen LogP contribution in [0, 0.1) is 0 Å². The molecule has 1 saturated heterocycles. The Bertz CT molecular complexity index is 1280. The van der Waals surface area contributed by atoms with Gasteiger partial charge in [-0.15, -0.1) is 0 Å². The number of amides is 2. The van der Waals surface area contributed by atoms with Gasteiger partial charge in [-0.3, -0.25) is 15.0 Å². The van der Waals surface area contributed by atoms with Crippen LogP contribution < -0.4 is 14.9 Å². The molecule has 1 N–H and O–H groups in total. The fourth-order valence-corrected chi connectivity index (χ4v) is 4.60. The van der Waals surface area contributed by atoms with Crippen molar-refractivity contribution in [2.75, 3.05) is 7.11 Å². The van der Waals surface area contributed by atoms with Crippen molar-refractivity contribution in [3.8, 4) is 11.5 Å². The molecule has 35 heavy (non-hydrogen) atoms. The molecule has 6 nitrogen and oxygen atoms in total. The fourth-order valence-electron chi connectivity index (χ4n) is 3.30. The number of methoxy groups -OCH3 is 1. The molecule has 0 aliphatic carbocycles. The number of nitrogens with one attached hydrogen (secondary N) is 1. The number of hydrazine groups is 1. The largest absolute Gasteiger partial charge is 0.493 e. The number of thiocarbonyl (C=S) groups is 1. The Balaban J connectivity index is 1.42. The van der Waals surface area contributed by atoms with Crippen LogP contribution in [0.3, 0.4) is 0 Å². The molecule has 0 spiro atoms. The Morgan fingerprint density at radius 2 is 1.80 bits per heavy atom. The Labute approximate surface area is 217 Å². The highest BCUT2D eigenvalue weighted by Crippen LogP contribution is 2.34. The van der Waals surface area contributed by atoms with E-state index in [0.717, 1.165) is 33.5 Å². The number of carbonyl (C=O) groups excluding carboxylic acids is 2. The highest BCUT2D eigenvalue weighted by Gasteiger charge is 2.33. The third-order valence-electron chi connectivity index (χ3n) is 5.03. The molecule has 0 aromatic heterocycles. The Morgan fingerprint density at radius 1 is 1.06 bits per heavy atom. The molecular formula is C26H21ClN2O4S2. The van der Waals surface area contributed by atoms with Gasteiger partial charge in [0.25, 0.3) is 5.91 Å². The molecule has 2 amide bonds. The average molecular weight is 525 g/mol. The summed E-state index contributed by atoms with van der Waals surface area (Å²) in [6.07, 6.45) is 1.85. The number of benzene rings is 3. The summed E-state index contributed by atoms with van der Waals surface area (Å²) < 4.78 is 11.6. The van der Waals surface area contributed by atoms with Crippen molar-refractivity contribution in [2.45, 2.75) is 13.0 Å². The van der Waals surface area contributed by atoms with Crippen LogP contribution in [-0.2, 0) is 22.6 Å². The van der Waals surface area contributed by atoms with Gasteiger partial charge in [0.05, 0.1) is 18.4 Å². The quantitative estimate of drug-likeness (QED) is 0.314. The molecule has 0 saturated carbocycles. The number of ether oxygens (including phenoxy) is 2. The molecule has 0 radical (unpaired) electrons. The molecule has 0 unspecified atom stereocenters. The lowest BCUT2D eigenvalue weighted by atomic mass is 10.1. The zero-order valence-electron chi connectivity index (χ0n) is 18.7. The summed E-state index contributed by atoms with van der Waals surface area (Å²) in [7, 11) is 1.55. The van der Waals surface area contributed by atoms with E-state index in [-0.39, 0.29) is 22.6 Å². The van der Waals surface area contributed by atoms with Crippen LogP contribution in [0.25, 0.3) is 6.08 Å². The second-order valence-electron chi connectivity index (χ2n) is 7.54. The predicted molar refractivity (Wildman–Crippen MR) is 142 cm³/mol. The van der Waals surface area contributed by atoms with Gasteiger partial charge in [-0.1, -0.05) is 71.9 Å². The molecule has 1 fully saturated rings. The van der Waals surface area contributed by atoms with E-state index >= 15 is 0 Å². The SMILES string of the molecule is COc1cc(/C=C2\SC(=S)N(NC(=O)Cc3ccccc3)C2=O)ccc1OCc1ccc(Cl)cc1. The maximum atomic E-state index is 12.9. The van der Waals surface area contributed by atoms with E-state index in [4.69, 9.17) is 33.3 Å². The number of halogens is 1. The first kappa shape index (κ1) is 24.8. The van der Waals surface area contributed by atoms with Gasteiger partial charge in [-0.25, -0.2) is 0 Å². The highest BCUT2D eigenvalue weighted by atomic mass is 35.5. The van der Waals surface area contributed by atoms with Crippen LogP contribution in [0.1, 0.15) is 16.7 Å². The summed E-state index contributed by atoms with van der Waals surface area (Å²) in [6.45, 7) is 0.355. The second-order valence-corrected chi connectivity index (χ2v) is 9.65. The lowest BCUT2D eigenvalue weighted by Gasteiger charge is -2.15.